The molecule has 0 saturated carbocycles. The fraction of sp³-hybridized carbons (Fsp3) is 1.00. The van der Waals surface area contributed by atoms with Gasteiger partial charge in [0.25, 0.3) is 0 Å². The predicted molar refractivity (Wildman–Crippen MR) is 43.0 cm³/mol. The molecule has 0 radical (unpaired) electrons. The topological polar surface area (TPSA) is 12.0 Å². The van der Waals surface area contributed by atoms with Crippen LogP contribution in [0, 0.1) is 5.92 Å². The molecule has 0 heterocycles. The zero-order valence-electron chi connectivity index (χ0n) is 7.70. The first-order valence-corrected chi connectivity index (χ1v) is 4.17. The molecule has 12 heavy (non-hydrogen) atoms. The molecule has 1 N–H and O–H groups in total. The first kappa shape index (κ1) is 11.8. The van der Waals surface area contributed by atoms with Crippen molar-refractivity contribution in [3.63, 3.8) is 0 Å². The van der Waals surface area contributed by atoms with Crippen molar-refractivity contribution in [3.8, 4) is 0 Å². The molecule has 0 aromatic carbocycles. The van der Waals surface area contributed by atoms with E-state index in [0.29, 0.717) is 0 Å². The summed E-state index contributed by atoms with van der Waals surface area (Å²) in [5.74, 6) is 0.285. The maximum atomic E-state index is 11.7. The Bertz CT molecular complexity index is 122. The third-order valence-corrected chi connectivity index (χ3v) is 2.12. The molecule has 0 bridgehead atoms. The van der Waals surface area contributed by atoms with E-state index in [2.05, 4.69) is 5.32 Å². The molecule has 0 aromatic heterocycles. The second kappa shape index (κ2) is 4.70. The number of hydrogen-bond acceptors (Lipinski definition) is 1. The van der Waals surface area contributed by atoms with E-state index in [-0.39, 0.29) is 12.0 Å². The van der Waals surface area contributed by atoms with Crippen molar-refractivity contribution in [2.45, 2.75) is 39.4 Å². The predicted octanol–water partition coefficient (Wildman–Crippen LogP) is 2.57. The molecule has 0 aromatic rings. The van der Waals surface area contributed by atoms with E-state index in [0.717, 1.165) is 6.42 Å². The molecule has 0 saturated heterocycles. The second-order valence-corrected chi connectivity index (χ2v) is 3.17. The van der Waals surface area contributed by atoms with E-state index in [1.165, 1.54) is 0 Å². The first-order chi connectivity index (χ1) is 5.37. The summed E-state index contributed by atoms with van der Waals surface area (Å²) >= 11 is 0. The first-order valence-electron chi connectivity index (χ1n) is 4.17. The third-order valence-electron chi connectivity index (χ3n) is 2.12. The largest absolute Gasteiger partial charge is 0.401 e. The van der Waals surface area contributed by atoms with Crippen molar-refractivity contribution in [1.29, 1.82) is 0 Å². The Labute approximate surface area is 71.3 Å². The normalized spacial score (nSPS) is 17.5. The summed E-state index contributed by atoms with van der Waals surface area (Å²) in [6, 6.07) is -0.0726. The van der Waals surface area contributed by atoms with Crippen LogP contribution in [0.15, 0.2) is 0 Å². The molecule has 0 amide bonds. The van der Waals surface area contributed by atoms with Crippen LogP contribution in [0.2, 0.25) is 0 Å². The van der Waals surface area contributed by atoms with Gasteiger partial charge in [-0.25, -0.2) is 0 Å². The average Bonchev–Trinajstić information content (AvgIpc) is 1.97. The lowest BCUT2D eigenvalue weighted by atomic mass is 10.0. The van der Waals surface area contributed by atoms with Crippen molar-refractivity contribution in [2.75, 3.05) is 6.54 Å². The molecule has 0 fully saturated rings. The van der Waals surface area contributed by atoms with Crippen LogP contribution in [0.4, 0.5) is 13.2 Å². The Hall–Kier alpha value is -0.250. The van der Waals surface area contributed by atoms with Gasteiger partial charge in [-0.05, 0) is 12.8 Å². The van der Waals surface area contributed by atoms with E-state index in [1.807, 2.05) is 13.8 Å². The Kier molecular flexibility index (Phi) is 4.60. The summed E-state index contributed by atoms with van der Waals surface area (Å²) in [7, 11) is 0. The number of rotatable bonds is 4. The Balaban J connectivity index is 3.64. The van der Waals surface area contributed by atoms with Gasteiger partial charge in [0, 0.05) is 6.04 Å². The van der Waals surface area contributed by atoms with Gasteiger partial charge in [-0.1, -0.05) is 20.3 Å². The van der Waals surface area contributed by atoms with Gasteiger partial charge in [0.1, 0.15) is 0 Å². The van der Waals surface area contributed by atoms with Gasteiger partial charge in [-0.3, -0.25) is 0 Å². The highest BCUT2D eigenvalue weighted by Crippen LogP contribution is 2.14. The molecule has 4 heteroatoms. The summed E-state index contributed by atoms with van der Waals surface area (Å²) in [6.45, 7) is 4.79. The van der Waals surface area contributed by atoms with Crippen LogP contribution in [0.1, 0.15) is 27.2 Å². The molecule has 0 rings (SSSR count). The van der Waals surface area contributed by atoms with E-state index < -0.39 is 12.7 Å². The molecule has 0 aliphatic rings. The van der Waals surface area contributed by atoms with Gasteiger partial charge >= 0.3 is 6.18 Å². The highest BCUT2D eigenvalue weighted by Gasteiger charge is 2.27. The standard InChI is InChI=1S/C8H16F3N/c1-4-6(2)7(3)12-5-8(9,10)11/h6-7,12H,4-5H2,1-3H3/t6-,7-/m1/s1. The zero-order chi connectivity index (χ0) is 9.78. The van der Waals surface area contributed by atoms with Crippen molar-refractivity contribution >= 4 is 0 Å². The average molecular weight is 183 g/mol. The third kappa shape index (κ3) is 5.41. The van der Waals surface area contributed by atoms with Crippen LogP contribution in [0.5, 0.6) is 0 Å². The minimum absolute atomic E-state index is 0.0726. The molecule has 2 atom stereocenters. The molecule has 0 spiro atoms. The maximum Gasteiger partial charge on any atom is 0.401 e. The molecule has 1 nitrogen and oxygen atoms in total. The Morgan fingerprint density at radius 1 is 1.25 bits per heavy atom. The highest BCUT2D eigenvalue weighted by molar-refractivity contribution is 4.68. The number of halogens is 3. The molecular formula is C8H16F3N. The van der Waals surface area contributed by atoms with Gasteiger partial charge in [0.15, 0.2) is 0 Å². The summed E-state index contributed by atoms with van der Waals surface area (Å²) in [5, 5.41) is 2.45. The number of nitrogens with one attached hydrogen (secondary N) is 1. The van der Waals surface area contributed by atoms with Crippen molar-refractivity contribution in [1.82, 2.24) is 5.32 Å². The minimum Gasteiger partial charge on any atom is -0.306 e. The van der Waals surface area contributed by atoms with E-state index in [9.17, 15) is 13.2 Å². The highest BCUT2D eigenvalue weighted by atomic mass is 19.4. The van der Waals surface area contributed by atoms with Crippen LogP contribution in [0.25, 0.3) is 0 Å². The van der Waals surface area contributed by atoms with Crippen LogP contribution in [-0.4, -0.2) is 18.8 Å². The lowest BCUT2D eigenvalue weighted by Crippen LogP contribution is -2.38. The van der Waals surface area contributed by atoms with E-state index in [4.69, 9.17) is 0 Å². The second-order valence-electron chi connectivity index (χ2n) is 3.17. The van der Waals surface area contributed by atoms with Crippen LogP contribution in [-0.2, 0) is 0 Å². The number of alkyl halides is 3. The van der Waals surface area contributed by atoms with Crippen molar-refractivity contribution in [3.05, 3.63) is 0 Å². The van der Waals surface area contributed by atoms with Gasteiger partial charge < -0.3 is 5.32 Å². The summed E-state index contributed by atoms with van der Waals surface area (Å²) in [5.41, 5.74) is 0. The fourth-order valence-corrected chi connectivity index (χ4v) is 0.831. The van der Waals surface area contributed by atoms with Gasteiger partial charge in [-0.2, -0.15) is 13.2 Å². The van der Waals surface area contributed by atoms with Crippen LogP contribution in [0.3, 0.4) is 0 Å². The minimum atomic E-state index is -4.10. The zero-order valence-corrected chi connectivity index (χ0v) is 7.70. The summed E-state index contributed by atoms with van der Waals surface area (Å²) < 4.78 is 35.2. The Morgan fingerprint density at radius 3 is 2.08 bits per heavy atom. The van der Waals surface area contributed by atoms with Gasteiger partial charge in [0.05, 0.1) is 6.54 Å². The maximum absolute atomic E-state index is 11.7. The molecule has 0 aliphatic carbocycles. The Morgan fingerprint density at radius 2 is 1.75 bits per heavy atom. The van der Waals surface area contributed by atoms with Crippen molar-refractivity contribution in [2.24, 2.45) is 5.92 Å². The number of hydrogen-bond donors (Lipinski definition) is 1. The van der Waals surface area contributed by atoms with Gasteiger partial charge in [0.2, 0.25) is 0 Å². The summed E-state index contributed by atoms with van der Waals surface area (Å²) in [6.07, 6.45) is -3.20. The fourth-order valence-electron chi connectivity index (χ4n) is 0.831. The molecule has 0 unspecified atom stereocenters. The quantitative estimate of drug-likeness (QED) is 0.706. The SMILES string of the molecule is CC[C@@H](C)[C@@H](C)NCC(F)(F)F. The van der Waals surface area contributed by atoms with E-state index >= 15 is 0 Å². The van der Waals surface area contributed by atoms with Crippen LogP contribution >= 0.6 is 0 Å². The van der Waals surface area contributed by atoms with Crippen molar-refractivity contribution < 1.29 is 13.2 Å². The van der Waals surface area contributed by atoms with Crippen LogP contribution < -0.4 is 5.32 Å². The lowest BCUT2D eigenvalue weighted by molar-refractivity contribution is -0.126. The monoisotopic (exact) mass is 183 g/mol. The van der Waals surface area contributed by atoms with Gasteiger partial charge in [-0.15, -0.1) is 0 Å². The smallest absolute Gasteiger partial charge is 0.306 e. The molecular weight excluding hydrogens is 167 g/mol. The molecule has 74 valence electrons. The van der Waals surface area contributed by atoms with E-state index in [1.54, 1.807) is 6.92 Å². The summed E-state index contributed by atoms with van der Waals surface area (Å²) in [4.78, 5) is 0. The molecule has 0 aliphatic heterocycles. The lowest BCUT2D eigenvalue weighted by Gasteiger charge is -2.20.